The van der Waals surface area contributed by atoms with Crippen LogP contribution in [-0.2, 0) is 9.53 Å². The molecule has 2 aromatic rings. The lowest BCUT2D eigenvalue weighted by Crippen LogP contribution is -2.26. The standard InChI is InChI=1S/C22H24F3NO3S/c1-4-5-9-29-22(28)20(13(2)3)30-19-12-18(16(24)11-17(19)25)26-21(27)14-7-6-8-15(23)10-14/h6-8,10-13,20H,4-5,9H2,1-3H3,(H,26,27). The zero-order chi connectivity index (χ0) is 22.3. The van der Waals surface area contributed by atoms with Crippen molar-refractivity contribution in [2.24, 2.45) is 5.92 Å². The number of thioether (sulfide) groups is 1. The predicted octanol–water partition coefficient (Wildman–Crippen LogP) is 5.82. The molecule has 0 bridgehead atoms. The topological polar surface area (TPSA) is 55.4 Å². The van der Waals surface area contributed by atoms with Gasteiger partial charge in [0.25, 0.3) is 5.91 Å². The molecule has 1 unspecified atom stereocenters. The molecule has 30 heavy (non-hydrogen) atoms. The number of amides is 1. The van der Waals surface area contributed by atoms with Crippen molar-refractivity contribution in [3.63, 3.8) is 0 Å². The van der Waals surface area contributed by atoms with E-state index in [2.05, 4.69) is 5.32 Å². The van der Waals surface area contributed by atoms with Gasteiger partial charge in [-0.1, -0.05) is 33.3 Å². The second-order valence-corrected chi connectivity index (χ2v) is 8.21. The highest BCUT2D eigenvalue weighted by Crippen LogP contribution is 2.34. The van der Waals surface area contributed by atoms with E-state index in [-0.39, 0.29) is 28.7 Å². The maximum Gasteiger partial charge on any atom is 0.319 e. The Morgan fingerprint density at radius 1 is 1.10 bits per heavy atom. The second kappa shape index (κ2) is 11.1. The van der Waals surface area contributed by atoms with Gasteiger partial charge in [-0.25, -0.2) is 13.2 Å². The van der Waals surface area contributed by atoms with E-state index in [4.69, 9.17) is 4.74 Å². The molecule has 1 atom stereocenters. The molecule has 0 aromatic heterocycles. The molecular formula is C22H24F3NO3S. The molecule has 0 aliphatic rings. The number of rotatable bonds is 9. The number of unbranched alkanes of at least 4 members (excludes halogenated alkanes) is 1. The smallest absolute Gasteiger partial charge is 0.319 e. The molecule has 0 heterocycles. The van der Waals surface area contributed by atoms with Crippen molar-refractivity contribution in [1.29, 1.82) is 0 Å². The maximum atomic E-state index is 14.4. The van der Waals surface area contributed by atoms with Gasteiger partial charge in [0, 0.05) is 16.5 Å². The highest BCUT2D eigenvalue weighted by atomic mass is 32.2. The van der Waals surface area contributed by atoms with E-state index >= 15 is 0 Å². The van der Waals surface area contributed by atoms with E-state index in [1.165, 1.54) is 18.2 Å². The fourth-order valence-corrected chi connectivity index (χ4v) is 3.60. The molecule has 0 saturated heterocycles. The molecule has 2 rings (SSSR count). The van der Waals surface area contributed by atoms with Gasteiger partial charge >= 0.3 is 5.97 Å². The van der Waals surface area contributed by atoms with E-state index in [1.54, 1.807) is 13.8 Å². The lowest BCUT2D eigenvalue weighted by molar-refractivity contribution is -0.143. The van der Waals surface area contributed by atoms with Gasteiger partial charge in [-0.15, -0.1) is 11.8 Å². The molecule has 0 spiro atoms. The first kappa shape index (κ1) is 23.8. The zero-order valence-electron chi connectivity index (χ0n) is 17.0. The first-order valence-electron chi connectivity index (χ1n) is 9.62. The number of nitrogens with one attached hydrogen (secondary N) is 1. The van der Waals surface area contributed by atoms with E-state index < -0.39 is 34.6 Å². The van der Waals surface area contributed by atoms with Crippen LogP contribution in [0.5, 0.6) is 0 Å². The van der Waals surface area contributed by atoms with Gasteiger partial charge in [-0.3, -0.25) is 9.59 Å². The Morgan fingerprint density at radius 3 is 2.47 bits per heavy atom. The molecule has 1 N–H and O–H groups in total. The summed E-state index contributed by atoms with van der Waals surface area (Å²) < 4.78 is 47.1. The van der Waals surface area contributed by atoms with Gasteiger partial charge in [-0.2, -0.15) is 0 Å². The van der Waals surface area contributed by atoms with E-state index in [0.717, 1.165) is 36.7 Å². The number of hydrogen-bond acceptors (Lipinski definition) is 4. The number of benzene rings is 2. The first-order chi connectivity index (χ1) is 14.2. The molecule has 0 radical (unpaired) electrons. The van der Waals surface area contributed by atoms with E-state index in [0.29, 0.717) is 6.07 Å². The first-order valence-corrected chi connectivity index (χ1v) is 10.5. The van der Waals surface area contributed by atoms with Gasteiger partial charge < -0.3 is 10.1 Å². The summed E-state index contributed by atoms with van der Waals surface area (Å²) in [4.78, 5) is 24.7. The van der Waals surface area contributed by atoms with Crippen molar-refractivity contribution in [3.8, 4) is 0 Å². The summed E-state index contributed by atoms with van der Waals surface area (Å²) in [5.41, 5.74) is -0.275. The largest absolute Gasteiger partial charge is 0.465 e. The summed E-state index contributed by atoms with van der Waals surface area (Å²) in [7, 11) is 0. The van der Waals surface area contributed by atoms with Crippen molar-refractivity contribution < 1.29 is 27.5 Å². The van der Waals surface area contributed by atoms with Crippen molar-refractivity contribution in [2.75, 3.05) is 11.9 Å². The third kappa shape index (κ3) is 6.52. The number of carbonyl (C=O) groups is 2. The average molecular weight is 439 g/mol. The Labute approximate surface area is 178 Å². The van der Waals surface area contributed by atoms with Crippen LogP contribution in [-0.4, -0.2) is 23.7 Å². The summed E-state index contributed by atoms with van der Waals surface area (Å²) in [5, 5.41) is 1.62. The number of carbonyl (C=O) groups excluding carboxylic acids is 2. The third-order valence-corrected chi connectivity index (χ3v) is 5.75. The fraction of sp³-hybridized carbons (Fsp3) is 0.364. The Morgan fingerprint density at radius 2 is 1.83 bits per heavy atom. The number of esters is 1. The minimum Gasteiger partial charge on any atom is -0.465 e. The van der Waals surface area contributed by atoms with Gasteiger partial charge in [0.15, 0.2) is 0 Å². The van der Waals surface area contributed by atoms with Gasteiger partial charge in [0.05, 0.1) is 12.3 Å². The molecule has 0 saturated carbocycles. The van der Waals surface area contributed by atoms with E-state index in [1.807, 2.05) is 6.92 Å². The highest BCUT2D eigenvalue weighted by molar-refractivity contribution is 8.00. The van der Waals surface area contributed by atoms with Crippen LogP contribution in [0.4, 0.5) is 18.9 Å². The van der Waals surface area contributed by atoms with Crippen molar-refractivity contribution in [2.45, 2.75) is 43.8 Å². The molecule has 4 nitrogen and oxygen atoms in total. The summed E-state index contributed by atoms with van der Waals surface area (Å²) in [6, 6.07) is 6.67. The second-order valence-electron chi connectivity index (χ2n) is 7.03. The Kier molecular flexibility index (Phi) is 8.77. The van der Waals surface area contributed by atoms with Crippen LogP contribution in [0.3, 0.4) is 0 Å². The van der Waals surface area contributed by atoms with Crippen LogP contribution in [0.2, 0.25) is 0 Å². The molecule has 1 amide bonds. The van der Waals surface area contributed by atoms with Crippen molar-refractivity contribution >= 4 is 29.3 Å². The molecule has 2 aromatic carbocycles. The Hall–Kier alpha value is -2.48. The number of ether oxygens (including phenoxy) is 1. The van der Waals surface area contributed by atoms with E-state index in [9.17, 15) is 22.8 Å². The van der Waals surface area contributed by atoms with Crippen LogP contribution in [0.15, 0.2) is 41.3 Å². The van der Waals surface area contributed by atoms with Crippen LogP contribution >= 0.6 is 11.8 Å². The van der Waals surface area contributed by atoms with Crippen LogP contribution in [0.1, 0.15) is 44.0 Å². The molecular weight excluding hydrogens is 415 g/mol. The van der Waals surface area contributed by atoms with Crippen LogP contribution < -0.4 is 5.32 Å². The fourth-order valence-electron chi connectivity index (χ4n) is 2.53. The van der Waals surface area contributed by atoms with Crippen LogP contribution in [0.25, 0.3) is 0 Å². The Bertz CT molecular complexity index is 905. The lowest BCUT2D eigenvalue weighted by Gasteiger charge is -2.20. The molecule has 0 fully saturated rings. The summed E-state index contributed by atoms with van der Waals surface area (Å²) >= 11 is 0.910. The van der Waals surface area contributed by atoms with Gasteiger partial charge in [0.2, 0.25) is 0 Å². The molecule has 8 heteroatoms. The summed E-state index contributed by atoms with van der Waals surface area (Å²) in [5.74, 6) is -3.83. The minimum absolute atomic E-state index is 0.00270. The minimum atomic E-state index is -0.978. The third-order valence-electron chi connectivity index (χ3n) is 4.19. The summed E-state index contributed by atoms with van der Waals surface area (Å²) in [6.07, 6.45) is 1.59. The molecule has 0 aliphatic heterocycles. The normalized spacial score (nSPS) is 12.0. The molecule has 162 valence electrons. The Balaban J connectivity index is 2.22. The quantitative estimate of drug-likeness (QED) is 0.304. The maximum absolute atomic E-state index is 14.4. The average Bonchev–Trinajstić information content (AvgIpc) is 2.68. The number of anilines is 1. The zero-order valence-corrected chi connectivity index (χ0v) is 17.8. The van der Waals surface area contributed by atoms with Crippen LogP contribution in [0, 0.1) is 23.4 Å². The van der Waals surface area contributed by atoms with Gasteiger partial charge in [0.1, 0.15) is 22.7 Å². The monoisotopic (exact) mass is 439 g/mol. The molecule has 0 aliphatic carbocycles. The highest BCUT2D eigenvalue weighted by Gasteiger charge is 2.27. The summed E-state index contributed by atoms with van der Waals surface area (Å²) in [6.45, 7) is 5.84. The lowest BCUT2D eigenvalue weighted by atomic mass is 10.1. The number of halogens is 3. The predicted molar refractivity (Wildman–Crippen MR) is 111 cm³/mol. The van der Waals surface area contributed by atoms with Crippen molar-refractivity contribution in [3.05, 3.63) is 59.4 Å². The van der Waals surface area contributed by atoms with Gasteiger partial charge in [-0.05, 0) is 36.6 Å². The number of hydrogen-bond donors (Lipinski definition) is 1. The SMILES string of the molecule is CCCCOC(=O)C(Sc1cc(NC(=O)c2cccc(F)c2)c(F)cc1F)C(C)C. The van der Waals surface area contributed by atoms with Crippen molar-refractivity contribution in [1.82, 2.24) is 0 Å².